The molecule has 2 aromatic carbocycles. The molecule has 0 bridgehead atoms. The summed E-state index contributed by atoms with van der Waals surface area (Å²) in [5.74, 6) is -1.06. The maximum Gasteiger partial charge on any atom is 0.198 e. The van der Waals surface area contributed by atoms with Crippen LogP contribution in [0.1, 0.15) is 33.7 Å². The summed E-state index contributed by atoms with van der Waals surface area (Å²) >= 11 is 0. The second-order valence-corrected chi connectivity index (χ2v) is 9.22. The average Bonchev–Trinajstić information content (AvgIpc) is 3.08. The molecule has 1 atom stereocenters. The largest absolute Gasteiger partial charge is 0.402 e. The first kappa shape index (κ1) is 21.3. The Hall–Kier alpha value is -3.46. The molecule has 0 aliphatic carbocycles. The number of nitrogens with two attached hydrogens (primary N) is 2. The minimum Gasteiger partial charge on any atom is -0.402 e. The molecule has 1 heterocycles. The Morgan fingerprint density at radius 1 is 1.23 bits per heavy atom. The van der Waals surface area contributed by atoms with Crippen LogP contribution in [0, 0.1) is 5.82 Å². The first-order valence-corrected chi connectivity index (χ1v) is 10.7. The smallest absolute Gasteiger partial charge is 0.198 e. The van der Waals surface area contributed by atoms with E-state index in [4.69, 9.17) is 11.5 Å². The van der Waals surface area contributed by atoms with E-state index in [1.54, 1.807) is 18.2 Å². The van der Waals surface area contributed by atoms with Crippen LogP contribution in [0.2, 0.25) is 0 Å². The van der Waals surface area contributed by atoms with Crippen LogP contribution in [0.3, 0.4) is 0 Å². The number of benzene rings is 2. The van der Waals surface area contributed by atoms with Crippen molar-refractivity contribution in [3.8, 4) is 5.69 Å². The molecule has 0 fully saturated rings. The number of carbonyl (C=O) groups excluding carboxylic acids is 1. The summed E-state index contributed by atoms with van der Waals surface area (Å²) in [6, 6.07) is 11.8. The molecule has 156 valence electrons. The standard InChI is InChI=1S/C21H21FN4O3S/c1-13(23)12-30(28,29)14(2)15-4-3-5-16(10-15)20(27)19-11-25-26(21(19)24)18-8-6-17(22)7-9-18/h3-11,14H,1,12,23-24H2,2H3. The Kier molecular flexibility index (Phi) is 5.75. The van der Waals surface area contributed by atoms with Gasteiger partial charge in [0.15, 0.2) is 15.6 Å². The number of hydrogen-bond acceptors (Lipinski definition) is 6. The molecule has 1 aromatic heterocycles. The van der Waals surface area contributed by atoms with Crippen molar-refractivity contribution >= 4 is 21.4 Å². The number of halogens is 1. The quantitative estimate of drug-likeness (QED) is 0.558. The fourth-order valence-corrected chi connectivity index (χ4v) is 4.33. The number of ketones is 1. The van der Waals surface area contributed by atoms with Gasteiger partial charge in [-0.3, -0.25) is 4.79 Å². The molecule has 3 aromatic rings. The van der Waals surface area contributed by atoms with E-state index in [9.17, 15) is 17.6 Å². The number of carbonyl (C=O) groups is 1. The molecule has 4 N–H and O–H groups in total. The molecule has 0 saturated heterocycles. The van der Waals surface area contributed by atoms with Gasteiger partial charge < -0.3 is 11.5 Å². The number of aromatic nitrogens is 2. The van der Waals surface area contributed by atoms with Crippen LogP contribution in [0.25, 0.3) is 5.69 Å². The van der Waals surface area contributed by atoms with Crippen molar-refractivity contribution in [1.29, 1.82) is 0 Å². The molecule has 0 saturated carbocycles. The number of nitrogens with zero attached hydrogens (tertiary/aromatic N) is 2. The van der Waals surface area contributed by atoms with Crippen molar-refractivity contribution in [2.45, 2.75) is 12.2 Å². The van der Waals surface area contributed by atoms with Gasteiger partial charge >= 0.3 is 0 Å². The topological polar surface area (TPSA) is 121 Å². The van der Waals surface area contributed by atoms with E-state index in [-0.39, 0.29) is 28.4 Å². The maximum absolute atomic E-state index is 13.1. The van der Waals surface area contributed by atoms with E-state index in [2.05, 4.69) is 11.7 Å². The molecule has 0 aliphatic heterocycles. The lowest BCUT2D eigenvalue weighted by atomic mass is 10.0. The highest BCUT2D eigenvalue weighted by Crippen LogP contribution is 2.26. The Morgan fingerprint density at radius 2 is 1.90 bits per heavy atom. The summed E-state index contributed by atoms with van der Waals surface area (Å²) in [6.07, 6.45) is 1.33. The number of hydrogen-bond donors (Lipinski definition) is 2. The van der Waals surface area contributed by atoms with E-state index in [1.165, 1.54) is 48.1 Å². The molecule has 0 spiro atoms. The van der Waals surface area contributed by atoms with Crippen LogP contribution in [-0.2, 0) is 9.84 Å². The van der Waals surface area contributed by atoms with Gasteiger partial charge in [-0.15, -0.1) is 0 Å². The molecule has 7 nitrogen and oxygen atoms in total. The van der Waals surface area contributed by atoms with Crippen LogP contribution in [0.15, 0.2) is 67.0 Å². The minimum atomic E-state index is -3.57. The summed E-state index contributed by atoms with van der Waals surface area (Å²) < 4.78 is 39.4. The monoisotopic (exact) mass is 428 g/mol. The van der Waals surface area contributed by atoms with E-state index >= 15 is 0 Å². The fourth-order valence-electron chi connectivity index (χ4n) is 3.00. The molecule has 3 rings (SSSR count). The lowest BCUT2D eigenvalue weighted by Crippen LogP contribution is -2.19. The van der Waals surface area contributed by atoms with Gasteiger partial charge in [-0.1, -0.05) is 24.8 Å². The van der Waals surface area contributed by atoms with Crippen molar-refractivity contribution in [2.24, 2.45) is 5.73 Å². The third-order valence-corrected chi connectivity index (χ3v) is 6.79. The normalized spacial score (nSPS) is 12.5. The molecule has 0 aliphatic rings. The second-order valence-electron chi connectivity index (χ2n) is 6.89. The van der Waals surface area contributed by atoms with E-state index in [0.29, 0.717) is 11.3 Å². The zero-order valence-electron chi connectivity index (χ0n) is 16.2. The third-order valence-electron chi connectivity index (χ3n) is 4.67. The minimum absolute atomic E-state index is 0.0510. The molecule has 0 radical (unpaired) electrons. The van der Waals surface area contributed by atoms with Crippen molar-refractivity contribution in [3.05, 3.63) is 89.5 Å². The van der Waals surface area contributed by atoms with E-state index in [1.807, 2.05) is 0 Å². The van der Waals surface area contributed by atoms with Crippen LogP contribution in [-0.4, -0.2) is 29.7 Å². The number of nitrogen functional groups attached to an aromatic ring is 1. The Bertz CT molecular complexity index is 1220. The van der Waals surface area contributed by atoms with Gasteiger partial charge in [0.2, 0.25) is 0 Å². The highest BCUT2D eigenvalue weighted by atomic mass is 32.2. The number of rotatable bonds is 7. The van der Waals surface area contributed by atoms with Crippen molar-refractivity contribution in [3.63, 3.8) is 0 Å². The van der Waals surface area contributed by atoms with Gasteiger partial charge in [0.25, 0.3) is 0 Å². The van der Waals surface area contributed by atoms with Gasteiger partial charge in [0.05, 0.1) is 28.5 Å². The van der Waals surface area contributed by atoms with Gasteiger partial charge in [0, 0.05) is 11.3 Å². The number of sulfone groups is 1. The summed E-state index contributed by atoms with van der Waals surface area (Å²) in [6.45, 7) is 4.97. The summed E-state index contributed by atoms with van der Waals surface area (Å²) in [5.41, 5.74) is 13.0. The Labute approximate surface area is 173 Å². The lowest BCUT2D eigenvalue weighted by molar-refractivity contribution is 0.103. The van der Waals surface area contributed by atoms with Gasteiger partial charge in [-0.25, -0.2) is 17.5 Å². The van der Waals surface area contributed by atoms with E-state index < -0.39 is 26.7 Å². The van der Waals surface area contributed by atoms with Crippen molar-refractivity contribution in [1.82, 2.24) is 9.78 Å². The van der Waals surface area contributed by atoms with Crippen molar-refractivity contribution in [2.75, 3.05) is 11.5 Å². The first-order chi connectivity index (χ1) is 14.1. The second kappa shape index (κ2) is 8.11. The van der Waals surface area contributed by atoms with Gasteiger partial charge in [-0.05, 0) is 42.8 Å². The molecule has 1 unspecified atom stereocenters. The molecule has 0 amide bonds. The fraction of sp³-hybridized carbons (Fsp3) is 0.143. The SMILES string of the molecule is C=C(N)CS(=O)(=O)C(C)c1cccc(C(=O)c2cnn(-c3ccc(F)cc3)c2N)c1. The molecule has 30 heavy (non-hydrogen) atoms. The number of anilines is 1. The summed E-state index contributed by atoms with van der Waals surface area (Å²) in [4.78, 5) is 13.0. The van der Waals surface area contributed by atoms with Crippen molar-refractivity contribution < 1.29 is 17.6 Å². The molecule has 9 heteroatoms. The van der Waals surface area contributed by atoms with Gasteiger partial charge in [-0.2, -0.15) is 5.10 Å². The predicted octanol–water partition coefficient (Wildman–Crippen LogP) is 2.77. The van der Waals surface area contributed by atoms with Crippen LogP contribution in [0.5, 0.6) is 0 Å². The third kappa shape index (κ3) is 4.25. The predicted molar refractivity (Wildman–Crippen MR) is 113 cm³/mol. The maximum atomic E-state index is 13.1. The van der Waals surface area contributed by atoms with Crippen LogP contribution < -0.4 is 11.5 Å². The first-order valence-electron chi connectivity index (χ1n) is 8.99. The highest BCUT2D eigenvalue weighted by molar-refractivity contribution is 7.91. The molecular weight excluding hydrogens is 407 g/mol. The van der Waals surface area contributed by atoms with E-state index in [0.717, 1.165) is 0 Å². The zero-order valence-corrected chi connectivity index (χ0v) is 17.1. The highest BCUT2D eigenvalue weighted by Gasteiger charge is 2.24. The summed E-state index contributed by atoms with van der Waals surface area (Å²) in [7, 11) is -3.57. The average molecular weight is 428 g/mol. The molecular formula is C21H21FN4O3S. The zero-order chi connectivity index (χ0) is 22.1. The lowest BCUT2D eigenvalue weighted by Gasteiger charge is -2.14. The van der Waals surface area contributed by atoms with Gasteiger partial charge in [0.1, 0.15) is 11.6 Å². The summed E-state index contributed by atoms with van der Waals surface area (Å²) in [5, 5.41) is 3.25. The Balaban J connectivity index is 1.93. The Morgan fingerprint density at radius 3 is 2.53 bits per heavy atom. The van der Waals surface area contributed by atoms with Crippen LogP contribution in [0.4, 0.5) is 10.2 Å². The van der Waals surface area contributed by atoms with Crippen LogP contribution >= 0.6 is 0 Å².